The molecule has 5 nitrogen and oxygen atoms in total. The molecule has 0 bridgehead atoms. The number of aromatic nitrogens is 1. The molecule has 1 N–H and O–H groups in total. The van der Waals surface area contributed by atoms with E-state index < -0.39 is 0 Å². The number of fused-ring (bicyclic) bond motifs is 2. The Balaban J connectivity index is 1.34. The van der Waals surface area contributed by atoms with Crippen molar-refractivity contribution in [2.75, 3.05) is 16.8 Å². The molecule has 146 valence electrons. The van der Waals surface area contributed by atoms with E-state index in [1.807, 2.05) is 23.1 Å². The first-order valence-electron chi connectivity index (χ1n) is 9.56. The Hall–Kier alpha value is -2.70. The highest BCUT2D eigenvalue weighted by atomic mass is 35.5. The number of benzene rings is 2. The number of carbonyl (C=O) groups excluding carboxylic acids is 2. The van der Waals surface area contributed by atoms with Crippen LogP contribution < -0.4 is 10.2 Å². The van der Waals surface area contributed by atoms with E-state index in [1.54, 1.807) is 24.3 Å². The van der Waals surface area contributed by atoms with Crippen LogP contribution in [0, 0.1) is 0 Å². The van der Waals surface area contributed by atoms with Crippen LogP contribution in [0.15, 0.2) is 48.5 Å². The fraction of sp³-hybridized carbons (Fsp3) is 0.227. The number of aryl methyl sites for hydroxylation is 1. The van der Waals surface area contributed by atoms with Gasteiger partial charge in [-0.2, -0.15) is 0 Å². The molecule has 0 saturated carbocycles. The van der Waals surface area contributed by atoms with Gasteiger partial charge in [-0.15, -0.1) is 11.3 Å². The molecule has 1 unspecified atom stereocenters. The minimum atomic E-state index is -0.242. The molecule has 2 amide bonds. The topological polar surface area (TPSA) is 62.3 Å². The number of amides is 2. The van der Waals surface area contributed by atoms with Crippen LogP contribution in [0.1, 0.15) is 38.8 Å². The minimum Gasteiger partial charge on any atom is -0.311 e. The zero-order valence-corrected chi connectivity index (χ0v) is 17.1. The molecule has 0 spiro atoms. The van der Waals surface area contributed by atoms with Crippen molar-refractivity contribution in [3.8, 4) is 0 Å². The van der Waals surface area contributed by atoms with Gasteiger partial charge in [-0.3, -0.25) is 14.9 Å². The number of hydrogen-bond acceptors (Lipinski definition) is 4. The lowest BCUT2D eigenvalue weighted by atomic mass is 10.1. The maximum absolute atomic E-state index is 13.2. The van der Waals surface area contributed by atoms with Gasteiger partial charge in [-0.05, 0) is 55.2 Å². The number of thiazole rings is 1. The largest absolute Gasteiger partial charge is 0.311 e. The fourth-order valence-corrected chi connectivity index (χ4v) is 5.21. The summed E-state index contributed by atoms with van der Waals surface area (Å²) in [5.41, 5.74) is 3.56. The second-order valence-corrected chi connectivity index (χ2v) is 8.77. The minimum absolute atomic E-state index is 0.106. The maximum Gasteiger partial charge on any atom is 0.257 e. The van der Waals surface area contributed by atoms with Gasteiger partial charge in [-0.25, -0.2) is 4.98 Å². The molecule has 1 aliphatic heterocycles. The van der Waals surface area contributed by atoms with Gasteiger partial charge in [0.15, 0.2) is 5.13 Å². The molecule has 2 aliphatic rings. The van der Waals surface area contributed by atoms with E-state index in [-0.39, 0.29) is 17.7 Å². The maximum atomic E-state index is 13.2. The monoisotopic (exact) mass is 423 g/mol. The van der Waals surface area contributed by atoms with Crippen LogP contribution in [0.3, 0.4) is 0 Å². The second-order valence-electron chi connectivity index (χ2n) is 7.25. The summed E-state index contributed by atoms with van der Waals surface area (Å²) in [6.45, 7) is 0.717. The predicted octanol–water partition coefficient (Wildman–Crippen LogP) is 4.67. The molecular formula is C22H18ClN3O2S. The number of hydrogen-bond donors (Lipinski definition) is 1. The molecule has 0 saturated heterocycles. The predicted molar refractivity (Wildman–Crippen MR) is 115 cm³/mol. The van der Waals surface area contributed by atoms with E-state index in [1.165, 1.54) is 16.9 Å². The van der Waals surface area contributed by atoms with Gasteiger partial charge < -0.3 is 4.90 Å². The lowest BCUT2D eigenvalue weighted by molar-refractivity contribution is -0.120. The summed E-state index contributed by atoms with van der Waals surface area (Å²) in [4.78, 5) is 33.3. The Morgan fingerprint density at radius 2 is 1.90 bits per heavy atom. The number of nitrogens with one attached hydrogen (secondary N) is 1. The molecule has 1 atom stereocenters. The summed E-state index contributed by atoms with van der Waals surface area (Å²) >= 11 is 7.34. The number of nitrogens with zero attached hydrogens (tertiary/aromatic N) is 2. The quantitative estimate of drug-likeness (QED) is 0.666. The van der Waals surface area contributed by atoms with E-state index in [0.717, 1.165) is 35.5 Å². The summed E-state index contributed by atoms with van der Waals surface area (Å²) in [6, 6.07) is 14.8. The average Bonchev–Trinajstić information content (AvgIpc) is 3.41. The number of anilines is 2. The Morgan fingerprint density at radius 1 is 1.10 bits per heavy atom. The van der Waals surface area contributed by atoms with Crippen molar-refractivity contribution in [2.45, 2.75) is 25.2 Å². The average molecular weight is 424 g/mol. The van der Waals surface area contributed by atoms with Crippen molar-refractivity contribution < 1.29 is 9.59 Å². The van der Waals surface area contributed by atoms with E-state index in [2.05, 4.69) is 16.4 Å². The van der Waals surface area contributed by atoms with Gasteiger partial charge >= 0.3 is 0 Å². The zero-order chi connectivity index (χ0) is 20.0. The lowest BCUT2D eigenvalue weighted by Crippen LogP contribution is -2.33. The molecule has 2 aromatic carbocycles. The van der Waals surface area contributed by atoms with E-state index >= 15 is 0 Å². The van der Waals surface area contributed by atoms with Crippen molar-refractivity contribution in [3.05, 3.63) is 75.3 Å². The second kappa shape index (κ2) is 7.28. The fourth-order valence-electron chi connectivity index (χ4n) is 4.05. The molecule has 0 fully saturated rings. The number of halogens is 1. The van der Waals surface area contributed by atoms with Gasteiger partial charge in [0.2, 0.25) is 5.91 Å². The first-order chi connectivity index (χ1) is 14.1. The Kier molecular flexibility index (Phi) is 4.60. The summed E-state index contributed by atoms with van der Waals surface area (Å²) in [6.07, 6.45) is 2.48. The lowest BCUT2D eigenvalue weighted by Gasteiger charge is -2.21. The smallest absolute Gasteiger partial charge is 0.257 e. The molecule has 1 aliphatic carbocycles. The van der Waals surface area contributed by atoms with Crippen LogP contribution in [0.5, 0.6) is 0 Å². The third-order valence-corrected chi connectivity index (χ3v) is 6.79. The van der Waals surface area contributed by atoms with Crippen molar-refractivity contribution in [2.24, 2.45) is 0 Å². The highest BCUT2D eigenvalue weighted by molar-refractivity contribution is 7.16. The van der Waals surface area contributed by atoms with Crippen LogP contribution in [-0.2, 0) is 17.6 Å². The van der Waals surface area contributed by atoms with Gasteiger partial charge in [0.1, 0.15) is 0 Å². The van der Waals surface area contributed by atoms with Gasteiger partial charge in [0.05, 0.1) is 11.6 Å². The van der Waals surface area contributed by atoms with Crippen LogP contribution in [0.25, 0.3) is 0 Å². The molecule has 29 heavy (non-hydrogen) atoms. The first-order valence-corrected chi connectivity index (χ1v) is 10.8. The van der Waals surface area contributed by atoms with E-state index in [4.69, 9.17) is 11.6 Å². The first kappa shape index (κ1) is 18.3. The van der Waals surface area contributed by atoms with Crippen molar-refractivity contribution in [3.63, 3.8) is 0 Å². The number of para-hydroxylation sites is 1. The normalized spacial score (nSPS) is 17.1. The van der Waals surface area contributed by atoms with Gasteiger partial charge in [-0.1, -0.05) is 29.8 Å². The van der Waals surface area contributed by atoms with Crippen LogP contribution >= 0.6 is 22.9 Å². The Bertz CT molecular complexity index is 1110. The highest BCUT2D eigenvalue weighted by Gasteiger charge is 2.37. The summed E-state index contributed by atoms with van der Waals surface area (Å²) in [7, 11) is 0. The molecule has 3 aromatic rings. The number of rotatable bonds is 3. The Labute approximate surface area is 177 Å². The van der Waals surface area contributed by atoms with Crippen LogP contribution in [-0.4, -0.2) is 23.3 Å². The van der Waals surface area contributed by atoms with E-state index in [9.17, 15) is 9.59 Å². The van der Waals surface area contributed by atoms with E-state index in [0.29, 0.717) is 22.3 Å². The van der Waals surface area contributed by atoms with Crippen molar-refractivity contribution in [1.82, 2.24) is 4.98 Å². The van der Waals surface area contributed by atoms with Crippen molar-refractivity contribution in [1.29, 1.82) is 0 Å². The SMILES string of the molecule is O=C(Nc1nc2c(s1)CCC2C(=O)N1CCc2ccccc21)c1ccc(Cl)cc1. The highest BCUT2D eigenvalue weighted by Crippen LogP contribution is 2.41. The third kappa shape index (κ3) is 3.32. The Morgan fingerprint density at radius 3 is 2.72 bits per heavy atom. The molecular weight excluding hydrogens is 406 g/mol. The standard InChI is InChI=1S/C22H18ClN3O2S/c23-15-7-5-14(6-8-15)20(27)25-22-24-19-16(9-10-18(19)29-22)21(28)26-12-11-13-3-1-2-4-17(13)26/h1-8,16H,9-12H2,(H,24,25,27). The number of carbonyl (C=O) groups is 2. The van der Waals surface area contributed by atoms with Crippen LogP contribution in [0.2, 0.25) is 5.02 Å². The molecule has 2 heterocycles. The summed E-state index contributed by atoms with van der Waals surface area (Å²) in [5, 5.41) is 3.97. The van der Waals surface area contributed by atoms with Crippen molar-refractivity contribution >= 4 is 45.6 Å². The van der Waals surface area contributed by atoms with Gasteiger partial charge in [0, 0.05) is 27.7 Å². The summed E-state index contributed by atoms with van der Waals surface area (Å²) in [5.74, 6) is -0.367. The summed E-state index contributed by atoms with van der Waals surface area (Å²) < 4.78 is 0. The molecule has 7 heteroatoms. The van der Waals surface area contributed by atoms with Crippen LogP contribution in [0.4, 0.5) is 10.8 Å². The molecule has 5 rings (SSSR count). The third-order valence-electron chi connectivity index (χ3n) is 5.50. The molecule has 1 aromatic heterocycles. The van der Waals surface area contributed by atoms with Gasteiger partial charge in [0.25, 0.3) is 5.91 Å². The molecule has 0 radical (unpaired) electrons. The zero-order valence-electron chi connectivity index (χ0n) is 15.5.